The van der Waals surface area contributed by atoms with Crippen LogP contribution in [0.1, 0.15) is 39.2 Å². The summed E-state index contributed by atoms with van der Waals surface area (Å²) in [5.41, 5.74) is 1.08. The monoisotopic (exact) mass is 256 g/mol. The summed E-state index contributed by atoms with van der Waals surface area (Å²) in [6.07, 6.45) is 3.94. The van der Waals surface area contributed by atoms with Gasteiger partial charge in [-0.25, -0.2) is 4.98 Å². The zero-order valence-corrected chi connectivity index (χ0v) is 11.5. The molecule has 0 spiro atoms. The van der Waals surface area contributed by atoms with Crippen molar-refractivity contribution in [1.29, 1.82) is 0 Å². The lowest BCUT2D eigenvalue weighted by molar-refractivity contribution is 0.298. The van der Waals surface area contributed by atoms with E-state index in [4.69, 9.17) is 16.3 Å². The first-order valence-electron chi connectivity index (χ1n) is 6.14. The van der Waals surface area contributed by atoms with Gasteiger partial charge in [0.25, 0.3) is 0 Å². The van der Waals surface area contributed by atoms with Gasteiger partial charge in [0, 0.05) is 18.8 Å². The molecule has 3 nitrogen and oxygen atoms in total. The highest BCUT2D eigenvalue weighted by Gasteiger charge is 2.05. The molecule has 0 aliphatic heterocycles. The fraction of sp³-hybridized carbons (Fsp3) is 0.615. The Morgan fingerprint density at radius 1 is 1.47 bits per heavy atom. The van der Waals surface area contributed by atoms with Gasteiger partial charge < -0.3 is 10.1 Å². The Bertz CT molecular complexity index is 342. The van der Waals surface area contributed by atoms with Gasteiger partial charge >= 0.3 is 0 Å². The Kier molecular flexibility index (Phi) is 6.30. The summed E-state index contributed by atoms with van der Waals surface area (Å²) in [4.78, 5) is 4.23. The largest absolute Gasteiger partial charge is 0.477 e. The van der Waals surface area contributed by atoms with E-state index in [-0.39, 0.29) is 0 Å². The maximum absolute atomic E-state index is 6.11. The molecule has 0 unspecified atom stereocenters. The average molecular weight is 257 g/mol. The molecule has 0 saturated carbocycles. The van der Waals surface area contributed by atoms with E-state index < -0.39 is 0 Å². The second kappa shape index (κ2) is 7.51. The molecule has 1 N–H and O–H groups in total. The van der Waals surface area contributed by atoms with Crippen LogP contribution < -0.4 is 10.1 Å². The third kappa shape index (κ3) is 5.37. The van der Waals surface area contributed by atoms with E-state index >= 15 is 0 Å². The molecule has 0 atom stereocenters. The Morgan fingerprint density at radius 3 is 2.82 bits per heavy atom. The quantitative estimate of drug-likeness (QED) is 0.759. The van der Waals surface area contributed by atoms with Gasteiger partial charge in [-0.2, -0.15) is 0 Å². The van der Waals surface area contributed by atoms with Crippen LogP contribution in [-0.4, -0.2) is 17.6 Å². The van der Waals surface area contributed by atoms with Crippen LogP contribution in [-0.2, 0) is 6.54 Å². The number of hydrogen-bond donors (Lipinski definition) is 1. The topological polar surface area (TPSA) is 34.1 Å². The van der Waals surface area contributed by atoms with E-state index in [0.717, 1.165) is 24.9 Å². The molecule has 0 aromatic carbocycles. The third-order valence-electron chi connectivity index (χ3n) is 2.32. The van der Waals surface area contributed by atoms with Crippen molar-refractivity contribution in [1.82, 2.24) is 10.3 Å². The predicted molar refractivity (Wildman–Crippen MR) is 71.6 cm³/mol. The Morgan fingerprint density at radius 2 is 2.24 bits per heavy atom. The third-order valence-corrected chi connectivity index (χ3v) is 2.59. The fourth-order valence-corrected chi connectivity index (χ4v) is 1.55. The molecule has 1 aromatic heterocycles. The van der Waals surface area contributed by atoms with Gasteiger partial charge in [-0.3, -0.25) is 0 Å². The van der Waals surface area contributed by atoms with Crippen LogP contribution in [0.15, 0.2) is 12.3 Å². The number of ether oxygens (including phenoxy) is 1. The molecule has 0 radical (unpaired) electrons. The summed E-state index contributed by atoms with van der Waals surface area (Å²) in [6.45, 7) is 7.79. The zero-order chi connectivity index (χ0) is 12.7. The van der Waals surface area contributed by atoms with Gasteiger partial charge in [0.15, 0.2) is 0 Å². The second-order valence-electron chi connectivity index (χ2n) is 4.37. The molecule has 96 valence electrons. The van der Waals surface area contributed by atoms with Crippen molar-refractivity contribution in [3.63, 3.8) is 0 Å². The number of nitrogens with zero attached hydrogens (tertiary/aromatic N) is 1. The molecule has 1 heterocycles. The lowest BCUT2D eigenvalue weighted by Gasteiger charge is -2.10. The highest BCUT2D eigenvalue weighted by molar-refractivity contribution is 6.31. The van der Waals surface area contributed by atoms with Gasteiger partial charge in [0.05, 0.1) is 6.61 Å². The molecule has 1 rings (SSSR count). The first kappa shape index (κ1) is 14.3. The van der Waals surface area contributed by atoms with E-state index in [1.54, 1.807) is 0 Å². The van der Waals surface area contributed by atoms with Crippen molar-refractivity contribution in [2.24, 2.45) is 0 Å². The van der Waals surface area contributed by atoms with Crippen molar-refractivity contribution in [3.8, 4) is 5.88 Å². The lowest BCUT2D eigenvalue weighted by Crippen LogP contribution is -2.21. The van der Waals surface area contributed by atoms with Gasteiger partial charge in [-0.05, 0) is 18.1 Å². The number of pyridine rings is 1. The van der Waals surface area contributed by atoms with Crippen molar-refractivity contribution >= 4 is 11.6 Å². The number of rotatable bonds is 7. The molecule has 0 fully saturated rings. The summed E-state index contributed by atoms with van der Waals surface area (Å²) >= 11 is 6.11. The minimum Gasteiger partial charge on any atom is -0.477 e. The molecule has 0 aliphatic rings. The van der Waals surface area contributed by atoms with Crippen LogP contribution >= 0.6 is 11.6 Å². The highest BCUT2D eigenvalue weighted by Crippen LogP contribution is 2.22. The predicted octanol–water partition coefficient (Wildman–Crippen LogP) is 3.41. The lowest BCUT2D eigenvalue weighted by atomic mass is 10.2. The van der Waals surface area contributed by atoms with Crippen molar-refractivity contribution in [2.75, 3.05) is 6.61 Å². The van der Waals surface area contributed by atoms with Crippen molar-refractivity contribution in [2.45, 2.75) is 46.2 Å². The summed E-state index contributed by atoms with van der Waals surface area (Å²) < 4.78 is 5.49. The van der Waals surface area contributed by atoms with Gasteiger partial charge in [-0.1, -0.05) is 38.8 Å². The maximum Gasteiger partial charge on any atom is 0.232 e. The Labute approximate surface area is 109 Å². The zero-order valence-electron chi connectivity index (χ0n) is 10.8. The molecule has 0 amide bonds. The molecule has 0 saturated heterocycles. The van der Waals surface area contributed by atoms with Gasteiger partial charge in [-0.15, -0.1) is 0 Å². The average Bonchev–Trinajstić information content (AvgIpc) is 2.29. The minimum absolute atomic E-state index is 0.453. The molecular formula is C13H21ClN2O. The van der Waals surface area contributed by atoms with E-state index in [2.05, 4.69) is 31.1 Å². The summed E-state index contributed by atoms with van der Waals surface area (Å²) in [7, 11) is 0. The van der Waals surface area contributed by atoms with Crippen LogP contribution in [0.5, 0.6) is 5.88 Å². The fourth-order valence-electron chi connectivity index (χ4n) is 1.30. The number of nitrogens with one attached hydrogen (secondary N) is 1. The summed E-state index contributed by atoms with van der Waals surface area (Å²) in [5, 5.41) is 3.91. The van der Waals surface area contributed by atoms with Crippen molar-refractivity contribution in [3.05, 3.63) is 22.8 Å². The molecule has 4 heteroatoms. The number of aromatic nitrogens is 1. The van der Waals surface area contributed by atoms with Crippen LogP contribution in [0.3, 0.4) is 0 Å². The Hall–Kier alpha value is -0.800. The van der Waals surface area contributed by atoms with Crippen LogP contribution in [0.4, 0.5) is 0 Å². The number of halogens is 1. The smallest absolute Gasteiger partial charge is 0.232 e. The molecule has 0 aliphatic carbocycles. The normalized spacial score (nSPS) is 10.9. The first-order chi connectivity index (χ1) is 8.13. The van der Waals surface area contributed by atoms with Crippen LogP contribution in [0, 0.1) is 0 Å². The van der Waals surface area contributed by atoms with Crippen LogP contribution in [0.2, 0.25) is 5.02 Å². The van der Waals surface area contributed by atoms with Crippen LogP contribution in [0.25, 0.3) is 0 Å². The molecular weight excluding hydrogens is 236 g/mol. The van der Waals surface area contributed by atoms with Gasteiger partial charge in [0.2, 0.25) is 5.88 Å². The second-order valence-corrected chi connectivity index (χ2v) is 4.78. The SMILES string of the molecule is CCCCOc1ncc(CNC(C)C)cc1Cl. The number of unbranched alkanes of at least 4 members (excludes halogenated alkanes) is 1. The van der Waals surface area contributed by atoms with E-state index in [1.165, 1.54) is 0 Å². The first-order valence-corrected chi connectivity index (χ1v) is 6.52. The van der Waals surface area contributed by atoms with Crippen molar-refractivity contribution < 1.29 is 4.74 Å². The van der Waals surface area contributed by atoms with E-state index in [9.17, 15) is 0 Å². The summed E-state index contributed by atoms with van der Waals surface area (Å²) in [5.74, 6) is 0.536. The summed E-state index contributed by atoms with van der Waals surface area (Å²) in [6, 6.07) is 2.36. The highest BCUT2D eigenvalue weighted by atomic mass is 35.5. The molecule has 17 heavy (non-hydrogen) atoms. The number of hydrogen-bond acceptors (Lipinski definition) is 3. The minimum atomic E-state index is 0.453. The molecule has 0 bridgehead atoms. The maximum atomic E-state index is 6.11. The van der Waals surface area contributed by atoms with E-state index in [1.807, 2.05) is 12.3 Å². The Balaban J connectivity index is 2.53. The van der Waals surface area contributed by atoms with E-state index in [0.29, 0.717) is 23.6 Å². The molecule has 1 aromatic rings. The van der Waals surface area contributed by atoms with Gasteiger partial charge in [0.1, 0.15) is 5.02 Å². The standard InChI is InChI=1S/C13H21ClN2O/c1-4-5-6-17-13-12(14)7-11(9-16-13)8-15-10(2)3/h7,9-10,15H,4-6,8H2,1-3H3.